The first-order valence-electron chi connectivity index (χ1n) is 8.11. The molecule has 0 spiro atoms. The number of benzene rings is 2. The summed E-state index contributed by atoms with van der Waals surface area (Å²) < 4.78 is 13.0. The van der Waals surface area contributed by atoms with Gasteiger partial charge in [0.05, 0.1) is 16.2 Å². The van der Waals surface area contributed by atoms with E-state index >= 15 is 0 Å². The van der Waals surface area contributed by atoms with Gasteiger partial charge in [0.1, 0.15) is 5.82 Å². The molecule has 2 amide bonds. The Balaban J connectivity index is 1.59. The Morgan fingerprint density at radius 3 is 2.43 bits per heavy atom. The molecule has 142 valence electrons. The molecule has 3 aromatic rings. The predicted octanol–water partition coefficient (Wildman–Crippen LogP) is 3.47. The van der Waals surface area contributed by atoms with E-state index in [1.807, 2.05) is 0 Å². The van der Waals surface area contributed by atoms with Crippen LogP contribution in [0.4, 0.5) is 10.1 Å². The number of nitrogens with one attached hydrogen (secondary N) is 2. The number of para-hydroxylation sites is 1. The maximum atomic E-state index is 13.0. The molecule has 0 aliphatic rings. The molecule has 28 heavy (non-hydrogen) atoms. The minimum Gasteiger partial charge on any atom is -0.273 e. The van der Waals surface area contributed by atoms with Crippen molar-refractivity contribution >= 4 is 28.8 Å². The summed E-state index contributed by atoms with van der Waals surface area (Å²) >= 11 is 1.19. The van der Waals surface area contributed by atoms with E-state index < -0.39 is 16.7 Å². The Morgan fingerprint density at radius 1 is 1.00 bits per heavy atom. The van der Waals surface area contributed by atoms with Crippen molar-refractivity contribution in [2.24, 2.45) is 0 Å². The molecule has 7 nitrogen and oxygen atoms in total. The standard InChI is InChI=1S/C19H14FN3O4S/c20-14-7-5-12(6-8-14)16-9-10-17(28-16)19(25)22-21-18(24)11-13-3-1-2-4-15(13)23(26)27/h1-10H,11H2,(H,21,24)(H,22,25). The van der Waals surface area contributed by atoms with E-state index in [0.29, 0.717) is 4.88 Å². The number of hydrogen-bond acceptors (Lipinski definition) is 5. The Bertz CT molecular complexity index is 1030. The van der Waals surface area contributed by atoms with E-state index in [4.69, 9.17) is 0 Å². The smallest absolute Gasteiger partial charge is 0.273 e. The number of amides is 2. The topological polar surface area (TPSA) is 101 Å². The summed E-state index contributed by atoms with van der Waals surface area (Å²) in [6.07, 6.45) is -0.247. The van der Waals surface area contributed by atoms with Gasteiger partial charge in [-0.2, -0.15) is 0 Å². The van der Waals surface area contributed by atoms with Gasteiger partial charge in [0.25, 0.3) is 11.6 Å². The minimum absolute atomic E-state index is 0.161. The maximum absolute atomic E-state index is 13.0. The summed E-state index contributed by atoms with van der Waals surface area (Å²) in [6, 6.07) is 15.1. The van der Waals surface area contributed by atoms with E-state index in [1.165, 1.54) is 41.7 Å². The number of halogens is 1. The molecule has 3 rings (SSSR count). The van der Waals surface area contributed by atoms with Gasteiger partial charge >= 0.3 is 0 Å². The Morgan fingerprint density at radius 2 is 1.71 bits per heavy atom. The van der Waals surface area contributed by atoms with Gasteiger partial charge in [-0.15, -0.1) is 11.3 Å². The van der Waals surface area contributed by atoms with Gasteiger partial charge in [0.15, 0.2) is 0 Å². The number of hydrogen-bond donors (Lipinski definition) is 2. The highest BCUT2D eigenvalue weighted by atomic mass is 32.1. The highest BCUT2D eigenvalue weighted by molar-refractivity contribution is 7.17. The van der Waals surface area contributed by atoms with Crippen LogP contribution in [0.3, 0.4) is 0 Å². The van der Waals surface area contributed by atoms with Crippen LogP contribution in [0, 0.1) is 15.9 Å². The summed E-state index contributed by atoms with van der Waals surface area (Å²) in [7, 11) is 0. The molecule has 0 bridgehead atoms. The van der Waals surface area contributed by atoms with Gasteiger partial charge in [0.2, 0.25) is 5.91 Å². The molecule has 0 fully saturated rings. The monoisotopic (exact) mass is 399 g/mol. The SMILES string of the molecule is O=C(Cc1ccccc1[N+](=O)[O-])NNC(=O)c1ccc(-c2ccc(F)cc2)s1. The van der Waals surface area contributed by atoms with Crippen LogP contribution in [-0.4, -0.2) is 16.7 Å². The second-order valence-corrected chi connectivity index (χ2v) is 6.82. The third-order valence-corrected chi connectivity index (χ3v) is 4.95. The van der Waals surface area contributed by atoms with Gasteiger partial charge in [0, 0.05) is 16.5 Å². The molecule has 0 saturated carbocycles. The van der Waals surface area contributed by atoms with E-state index in [9.17, 15) is 24.1 Å². The molecule has 9 heteroatoms. The largest absolute Gasteiger partial charge is 0.279 e. The van der Waals surface area contributed by atoms with Crippen molar-refractivity contribution in [3.05, 3.63) is 87.0 Å². The number of nitro groups is 1. The average molecular weight is 399 g/mol. The molecular weight excluding hydrogens is 385 g/mol. The zero-order valence-corrected chi connectivity index (χ0v) is 15.2. The zero-order chi connectivity index (χ0) is 20.1. The fraction of sp³-hybridized carbons (Fsp3) is 0.0526. The highest BCUT2D eigenvalue weighted by Gasteiger charge is 2.16. The van der Waals surface area contributed by atoms with Crippen LogP contribution >= 0.6 is 11.3 Å². The van der Waals surface area contributed by atoms with Crippen molar-refractivity contribution in [2.75, 3.05) is 0 Å². The molecule has 0 unspecified atom stereocenters. The van der Waals surface area contributed by atoms with Crippen molar-refractivity contribution < 1.29 is 18.9 Å². The fourth-order valence-electron chi connectivity index (χ4n) is 2.47. The molecule has 0 saturated heterocycles. The fourth-order valence-corrected chi connectivity index (χ4v) is 3.38. The van der Waals surface area contributed by atoms with Crippen LogP contribution in [0.15, 0.2) is 60.7 Å². The third-order valence-electron chi connectivity index (χ3n) is 3.81. The van der Waals surface area contributed by atoms with Gasteiger partial charge in [-0.1, -0.05) is 30.3 Å². The van der Waals surface area contributed by atoms with Crippen molar-refractivity contribution in [1.82, 2.24) is 10.9 Å². The van der Waals surface area contributed by atoms with Crippen molar-refractivity contribution in [3.63, 3.8) is 0 Å². The van der Waals surface area contributed by atoms with Crippen LogP contribution < -0.4 is 10.9 Å². The van der Waals surface area contributed by atoms with Crippen molar-refractivity contribution in [3.8, 4) is 10.4 Å². The quantitative estimate of drug-likeness (QED) is 0.507. The van der Waals surface area contributed by atoms with E-state index in [-0.39, 0.29) is 23.5 Å². The number of rotatable bonds is 5. The van der Waals surface area contributed by atoms with Crippen LogP contribution in [0.25, 0.3) is 10.4 Å². The molecular formula is C19H14FN3O4S. The van der Waals surface area contributed by atoms with E-state index in [1.54, 1.807) is 30.3 Å². The number of carbonyl (C=O) groups excluding carboxylic acids is 2. The van der Waals surface area contributed by atoms with Gasteiger partial charge in [-0.05, 0) is 29.8 Å². The second kappa shape index (κ2) is 8.40. The lowest BCUT2D eigenvalue weighted by Crippen LogP contribution is -2.42. The number of nitrogens with zero attached hydrogens (tertiary/aromatic N) is 1. The van der Waals surface area contributed by atoms with Crippen LogP contribution in [0.5, 0.6) is 0 Å². The first-order chi connectivity index (χ1) is 13.4. The third kappa shape index (κ3) is 4.57. The zero-order valence-electron chi connectivity index (χ0n) is 14.3. The summed E-state index contributed by atoms with van der Waals surface area (Å²) in [5.74, 6) is -1.45. The molecule has 1 aromatic heterocycles. The molecule has 0 atom stereocenters. The molecule has 0 radical (unpaired) electrons. The van der Waals surface area contributed by atoms with Gasteiger partial charge in [-0.25, -0.2) is 4.39 Å². The van der Waals surface area contributed by atoms with Crippen molar-refractivity contribution in [1.29, 1.82) is 0 Å². The number of nitro benzene ring substituents is 1. The average Bonchev–Trinajstić information content (AvgIpc) is 3.17. The summed E-state index contributed by atoms with van der Waals surface area (Å²) in [6.45, 7) is 0. The molecule has 1 heterocycles. The first kappa shape index (κ1) is 19.2. The van der Waals surface area contributed by atoms with Gasteiger partial charge < -0.3 is 0 Å². The maximum Gasteiger partial charge on any atom is 0.279 e. The first-order valence-corrected chi connectivity index (χ1v) is 8.93. The normalized spacial score (nSPS) is 10.3. The highest BCUT2D eigenvalue weighted by Crippen LogP contribution is 2.28. The number of thiophene rings is 1. The van der Waals surface area contributed by atoms with Gasteiger partial charge in [-0.3, -0.25) is 30.6 Å². The molecule has 2 N–H and O–H groups in total. The predicted molar refractivity (Wildman–Crippen MR) is 102 cm³/mol. The lowest BCUT2D eigenvalue weighted by atomic mass is 10.1. The minimum atomic E-state index is -0.585. The molecule has 0 aliphatic carbocycles. The summed E-state index contributed by atoms with van der Waals surface area (Å²) in [5, 5.41) is 11.0. The number of hydrazine groups is 1. The Kier molecular flexibility index (Phi) is 5.75. The lowest BCUT2D eigenvalue weighted by molar-refractivity contribution is -0.385. The van der Waals surface area contributed by atoms with Crippen LogP contribution in [-0.2, 0) is 11.2 Å². The van der Waals surface area contributed by atoms with Crippen LogP contribution in [0.1, 0.15) is 15.2 Å². The molecule has 2 aromatic carbocycles. The number of carbonyl (C=O) groups is 2. The summed E-state index contributed by atoms with van der Waals surface area (Å²) in [5.41, 5.74) is 5.38. The van der Waals surface area contributed by atoms with E-state index in [0.717, 1.165) is 10.4 Å². The van der Waals surface area contributed by atoms with Crippen LogP contribution in [0.2, 0.25) is 0 Å². The molecule has 0 aliphatic heterocycles. The summed E-state index contributed by atoms with van der Waals surface area (Å²) in [4.78, 5) is 35.7. The Labute approximate surface area is 162 Å². The van der Waals surface area contributed by atoms with E-state index in [2.05, 4.69) is 10.9 Å². The van der Waals surface area contributed by atoms with Crippen molar-refractivity contribution in [2.45, 2.75) is 6.42 Å². The lowest BCUT2D eigenvalue weighted by Gasteiger charge is -2.06. The second-order valence-electron chi connectivity index (χ2n) is 5.74. The Hall–Kier alpha value is -3.59.